The van der Waals surface area contributed by atoms with Gasteiger partial charge < -0.3 is 15.0 Å². The third-order valence-corrected chi connectivity index (χ3v) is 4.22. The van der Waals surface area contributed by atoms with Crippen molar-refractivity contribution in [3.8, 4) is 0 Å². The summed E-state index contributed by atoms with van der Waals surface area (Å²) in [7, 11) is 1.85. The Morgan fingerprint density at radius 2 is 2.38 bits per heavy atom. The van der Waals surface area contributed by atoms with Crippen LogP contribution in [0.15, 0.2) is 18.3 Å². The zero-order valence-corrected chi connectivity index (χ0v) is 12.8. The number of rotatable bonds is 3. The molecule has 0 radical (unpaired) electrons. The maximum absolute atomic E-state index is 12.2. The van der Waals surface area contributed by atoms with E-state index in [1.54, 1.807) is 10.9 Å². The second kappa shape index (κ2) is 5.71. The average molecular weight is 329 g/mol. The Morgan fingerprint density at radius 3 is 3.00 bits per heavy atom. The van der Waals surface area contributed by atoms with Crippen molar-refractivity contribution in [2.45, 2.75) is 18.6 Å². The van der Waals surface area contributed by atoms with Crippen molar-refractivity contribution in [1.29, 1.82) is 0 Å². The van der Waals surface area contributed by atoms with E-state index in [9.17, 15) is 4.79 Å². The van der Waals surface area contributed by atoms with E-state index in [4.69, 9.17) is 27.9 Å². The molecule has 2 aromatic rings. The summed E-state index contributed by atoms with van der Waals surface area (Å²) in [5.41, 5.74) is 1.26. The zero-order chi connectivity index (χ0) is 15.0. The number of ether oxygens (including phenoxy) is 1. The predicted molar refractivity (Wildman–Crippen MR) is 78.6 cm³/mol. The van der Waals surface area contributed by atoms with Crippen LogP contribution in [-0.2, 0) is 11.8 Å². The Labute approximate surface area is 131 Å². The number of aromatic amines is 1. The maximum Gasteiger partial charge on any atom is 0.268 e. The van der Waals surface area contributed by atoms with Crippen LogP contribution in [0.1, 0.15) is 28.7 Å². The monoisotopic (exact) mass is 328 g/mol. The molecule has 112 valence electrons. The molecule has 0 unspecified atom stereocenters. The summed E-state index contributed by atoms with van der Waals surface area (Å²) < 4.78 is 7.47. The molecule has 2 atom stereocenters. The van der Waals surface area contributed by atoms with Gasteiger partial charge >= 0.3 is 0 Å². The molecule has 3 rings (SSSR count). The van der Waals surface area contributed by atoms with E-state index in [0.717, 1.165) is 12.1 Å². The number of aromatic nitrogens is 3. The van der Waals surface area contributed by atoms with Crippen LogP contribution >= 0.6 is 23.2 Å². The van der Waals surface area contributed by atoms with Gasteiger partial charge in [-0.15, -0.1) is 0 Å². The van der Waals surface area contributed by atoms with Gasteiger partial charge in [0.05, 0.1) is 16.8 Å². The first-order chi connectivity index (χ1) is 10.1. The summed E-state index contributed by atoms with van der Waals surface area (Å²) in [5.74, 6) is -0.258. The lowest BCUT2D eigenvalue weighted by Crippen LogP contribution is -2.37. The second-order valence-electron chi connectivity index (χ2n) is 4.88. The first-order valence-electron chi connectivity index (χ1n) is 6.50. The Morgan fingerprint density at radius 1 is 1.57 bits per heavy atom. The lowest BCUT2D eigenvalue weighted by atomic mass is 10.1. The molecule has 21 heavy (non-hydrogen) atoms. The largest absolute Gasteiger partial charge is 0.370 e. The van der Waals surface area contributed by atoms with Crippen LogP contribution < -0.4 is 5.32 Å². The van der Waals surface area contributed by atoms with Crippen molar-refractivity contribution < 1.29 is 9.53 Å². The fourth-order valence-electron chi connectivity index (χ4n) is 2.46. The van der Waals surface area contributed by atoms with E-state index < -0.39 is 0 Å². The van der Waals surface area contributed by atoms with Gasteiger partial charge in [0, 0.05) is 19.9 Å². The summed E-state index contributed by atoms with van der Waals surface area (Å²) in [4.78, 5) is 15.0. The Balaban J connectivity index is 1.74. The average Bonchev–Trinajstić information content (AvgIpc) is 3.12. The topological polar surface area (TPSA) is 71.9 Å². The molecule has 1 aliphatic rings. The van der Waals surface area contributed by atoms with Crippen LogP contribution in [0.25, 0.3) is 0 Å². The second-order valence-corrected chi connectivity index (χ2v) is 5.67. The van der Waals surface area contributed by atoms with E-state index in [1.807, 2.05) is 13.1 Å². The molecule has 1 amide bonds. The van der Waals surface area contributed by atoms with Crippen molar-refractivity contribution in [3.63, 3.8) is 0 Å². The van der Waals surface area contributed by atoms with Crippen LogP contribution in [0.3, 0.4) is 0 Å². The normalized spacial score (nSPS) is 21.7. The van der Waals surface area contributed by atoms with E-state index >= 15 is 0 Å². The fraction of sp³-hybridized carbons (Fsp3) is 0.385. The molecule has 2 aromatic heterocycles. The number of H-pyrrole nitrogens is 1. The summed E-state index contributed by atoms with van der Waals surface area (Å²) in [5, 5.41) is 7.66. The highest BCUT2D eigenvalue weighted by atomic mass is 35.5. The molecule has 0 aromatic carbocycles. The molecule has 6 nitrogen and oxygen atoms in total. The maximum atomic E-state index is 12.2. The molecule has 0 bridgehead atoms. The molecule has 0 aliphatic carbocycles. The lowest BCUT2D eigenvalue weighted by Gasteiger charge is -2.19. The van der Waals surface area contributed by atoms with Gasteiger partial charge in [0.15, 0.2) is 0 Å². The van der Waals surface area contributed by atoms with Gasteiger partial charge in [0.25, 0.3) is 5.91 Å². The predicted octanol–water partition coefficient (Wildman–Crippen LogP) is 2.31. The Bertz CT molecular complexity index is 647. The molecule has 0 spiro atoms. The molecule has 1 fully saturated rings. The molecule has 1 aliphatic heterocycles. The van der Waals surface area contributed by atoms with Gasteiger partial charge in [-0.25, -0.2) is 0 Å². The standard InChI is InChI=1S/C13H14Cl2N4O2/c1-19-10(2-4-16-19)11-8(3-5-21-11)18-13(20)9-6-7(14)12(15)17-9/h2,4,6,8,11,17H,3,5H2,1H3,(H,18,20)/t8-,11-/m0/s1. The van der Waals surface area contributed by atoms with E-state index in [-0.39, 0.29) is 23.2 Å². The number of hydrogen-bond acceptors (Lipinski definition) is 3. The van der Waals surface area contributed by atoms with Crippen molar-refractivity contribution in [3.05, 3.63) is 39.9 Å². The zero-order valence-electron chi connectivity index (χ0n) is 11.3. The molecular weight excluding hydrogens is 315 g/mol. The number of nitrogens with zero attached hydrogens (tertiary/aromatic N) is 2. The number of aryl methyl sites for hydroxylation is 1. The number of nitrogens with one attached hydrogen (secondary N) is 2. The van der Waals surface area contributed by atoms with Crippen LogP contribution in [0, 0.1) is 0 Å². The lowest BCUT2D eigenvalue weighted by molar-refractivity contribution is 0.0790. The van der Waals surface area contributed by atoms with Crippen LogP contribution in [-0.4, -0.2) is 33.3 Å². The van der Waals surface area contributed by atoms with Crippen LogP contribution in [0.2, 0.25) is 10.2 Å². The Kier molecular flexibility index (Phi) is 3.93. The van der Waals surface area contributed by atoms with Gasteiger partial charge in [-0.1, -0.05) is 23.2 Å². The molecule has 1 saturated heterocycles. The van der Waals surface area contributed by atoms with Crippen molar-refractivity contribution in [1.82, 2.24) is 20.1 Å². The summed E-state index contributed by atoms with van der Waals surface area (Å²) in [6, 6.07) is 3.28. The number of amides is 1. The summed E-state index contributed by atoms with van der Waals surface area (Å²) >= 11 is 11.7. The highest BCUT2D eigenvalue weighted by molar-refractivity contribution is 6.41. The fourth-order valence-corrected chi connectivity index (χ4v) is 2.78. The first-order valence-corrected chi connectivity index (χ1v) is 7.26. The number of halogens is 2. The SMILES string of the molecule is Cn1nccc1[C@H]1OCC[C@@H]1NC(=O)c1cc(Cl)c(Cl)[nH]1. The molecular formula is C13H14Cl2N4O2. The quantitative estimate of drug-likeness (QED) is 0.908. The molecule has 8 heteroatoms. The highest BCUT2D eigenvalue weighted by Crippen LogP contribution is 2.29. The van der Waals surface area contributed by atoms with Crippen molar-refractivity contribution in [2.75, 3.05) is 6.61 Å². The number of hydrogen-bond donors (Lipinski definition) is 2. The van der Waals surface area contributed by atoms with Gasteiger partial charge in [-0.2, -0.15) is 5.10 Å². The van der Waals surface area contributed by atoms with Crippen LogP contribution in [0.4, 0.5) is 0 Å². The minimum absolute atomic E-state index is 0.117. The molecule has 3 heterocycles. The minimum Gasteiger partial charge on any atom is -0.370 e. The third kappa shape index (κ3) is 2.79. The van der Waals surface area contributed by atoms with E-state index in [0.29, 0.717) is 17.3 Å². The van der Waals surface area contributed by atoms with Gasteiger partial charge in [0.1, 0.15) is 17.0 Å². The molecule has 2 N–H and O–H groups in total. The number of carbonyl (C=O) groups is 1. The number of carbonyl (C=O) groups excluding carboxylic acids is 1. The van der Waals surface area contributed by atoms with E-state index in [2.05, 4.69) is 15.4 Å². The smallest absolute Gasteiger partial charge is 0.268 e. The summed E-state index contributed by atoms with van der Waals surface area (Å²) in [6.45, 7) is 0.590. The van der Waals surface area contributed by atoms with E-state index in [1.165, 1.54) is 6.07 Å². The van der Waals surface area contributed by atoms with Gasteiger partial charge in [-0.05, 0) is 18.6 Å². The van der Waals surface area contributed by atoms with Crippen molar-refractivity contribution >= 4 is 29.1 Å². The molecule has 0 saturated carbocycles. The van der Waals surface area contributed by atoms with Gasteiger partial charge in [0.2, 0.25) is 0 Å². The van der Waals surface area contributed by atoms with Crippen LogP contribution in [0.5, 0.6) is 0 Å². The highest BCUT2D eigenvalue weighted by Gasteiger charge is 2.33. The Hall–Kier alpha value is -1.50. The summed E-state index contributed by atoms with van der Waals surface area (Å²) in [6.07, 6.45) is 2.24. The first kappa shape index (κ1) is 14.4. The third-order valence-electron chi connectivity index (χ3n) is 3.53. The van der Waals surface area contributed by atoms with Crippen molar-refractivity contribution in [2.24, 2.45) is 7.05 Å². The minimum atomic E-state index is -0.258. The van der Waals surface area contributed by atoms with Gasteiger partial charge in [-0.3, -0.25) is 9.48 Å².